The molecule has 2 rings (SSSR count). The molecule has 0 saturated carbocycles. The van der Waals surface area contributed by atoms with Gasteiger partial charge >= 0.3 is 0 Å². The third-order valence-electron chi connectivity index (χ3n) is 2.23. The predicted octanol–water partition coefficient (Wildman–Crippen LogP) is 1.23. The first-order valence-electron chi connectivity index (χ1n) is 5.22. The molecule has 82 valence electrons. The first kappa shape index (κ1) is 10.7. The average Bonchev–Trinajstić information content (AvgIpc) is 2.29. The van der Waals surface area contributed by atoms with E-state index in [1.165, 1.54) is 5.56 Å². The van der Waals surface area contributed by atoms with Crippen LogP contribution in [0.25, 0.3) is 0 Å². The van der Waals surface area contributed by atoms with E-state index in [0.717, 1.165) is 18.1 Å². The number of nitrogens with zero attached hydrogens (tertiary/aromatic N) is 3. The lowest BCUT2D eigenvalue weighted by Crippen LogP contribution is -2.09. The van der Waals surface area contributed by atoms with Crippen molar-refractivity contribution in [3.63, 3.8) is 0 Å². The molecule has 2 aromatic rings. The van der Waals surface area contributed by atoms with E-state index in [2.05, 4.69) is 27.1 Å². The minimum absolute atomic E-state index is 0.352. The van der Waals surface area contributed by atoms with Crippen LogP contribution in [0.1, 0.15) is 23.0 Å². The Morgan fingerprint density at radius 1 is 1.00 bits per heavy atom. The normalized spacial score (nSPS) is 10.4. The molecule has 1 aromatic heterocycles. The third-order valence-corrected chi connectivity index (χ3v) is 2.23. The summed E-state index contributed by atoms with van der Waals surface area (Å²) in [5.74, 6) is 2.15. The molecule has 0 aliphatic heterocycles. The number of aromatic nitrogens is 3. The molecule has 2 N–H and O–H groups in total. The van der Waals surface area contributed by atoms with Crippen LogP contribution in [0.4, 0.5) is 0 Å². The second kappa shape index (κ2) is 4.81. The molecule has 0 radical (unpaired) electrons. The second-order valence-corrected chi connectivity index (χ2v) is 3.58. The van der Waals surface area contributed by atoms with Crippen molar-refractivity contribution in [2.75, 3.05) is 0 Å². The average molecular weight is 214 g/mol. The molecule has 1 heterocycles. The molecule has 0 amide bonds. The van der Waals surface area contributed by atoms with Gasteiger partial charge in [-0.2, -0.15) is 0 Å². The van der Waals surface area contributed by atoms with Crippen molar-refractivity contribution < 1.29 is 0 Å². The van der Waals surface area contributed by atoms with E-state index in [0.29, 0.717) is 12.4 Å². The lowest BCUT2D eigenvalue weighted by atomic mass is 10.1. The Hall–Kier alpha value is -1.81. The van der Waals surface area contributed by atoms with Gasteiger partial charge in [0.05, 0.1) is 6.54 Å². The van der Waals surface area contributed by atoms with Gasteiger partial charge in [-0.1, -0.05) is 30.3 Å². The monoisotopic (exact) mass is 214 g/mol. The maximum Gasteiger partial charge on any atom is 0.146 e. The van der Waals surface area contributed by atoms with E-state index in [4.69, 9.17) is 5.73 Å². The summed E-state index contributed by atoms with van der Waals surface area (Å²) in [5, 5.41) is 0. The molecule has 0 aliphatic carbocycles. The number of benzene rings is 1. The van der Waals surface area contributed by atoms with Gasteiger partial charge in [-0.15, -0.1) is 0 Å². The summed E-state index contributed by atoms with van der Waals surface area (Å²) in [6.07, 6.45) is 0.719. The quantitative estimate of drug-likeness (QED) is 0.834. The van der Waals surface area contributed by atoms with Crippen molar-refractivity contribution in [3.8, 4) is 0 Å². The van der Waals surface area contributed by atoms with E-state index in [-0.39, 0.29) is 0 Å². The Balaban J connectivity index is 2.24. The van der Waals surface area contributed by atoms with E-state index in [1.54, 1.807) is 0 Å². The largest absolute Gasteiger partial charge is 0.324 e. The summed E-state index contributed by atoms with van der Waals surface area (Å²) < 4.78 is 0. The Morgan fingerprint density at radius 2 is 1.69 bits per heavy atom. The van der Waals surface area contributed by atoms with Crippen molar-refractivity contribution in [2.24, 2.45) is 5.73 Å². The molecule has 0 spiro atoms. The van der Waals surface area contributed by atoms with Crippen molar-refractivity contribution in [1.29, 1.82) is 0 Å². The molecule has 16 heavy (non-hydrogen) atoms. The maximum atomic E-state index is 5.53. The van der Waals surface area contributed by atoms with E-state index in [1.807, 2.05) is 25.1 Å². The van der Waals surface area contributed by atoms with Crippen molar-refractivity contribution in [1.82, 2.24) is 15.0 Å². The van der Waals surface area contributed by atoms with E-state index < -0.39 is 0 Å². The summed E-state index contributed by atoms with van der Waals surface area (Å²) in [6, 6.07) is 10.1. The summed E-state index contributed by atoms with van der Waals surface area (Å²) >= 11 is 0. The van der Waals surface area contributed by atoms with Crippen molar-refractivity contribution in [3.05, 3.63) is 53.4 Å². The summed E-state index contributed by atoms with van der Waals surface area (Å²) in [4.78, 5) is 12.7. The summed E-state index contributed by atoms with van der Waals surface area (Å²) in [6.45, 7) is 2.21. The lowest BCUT2D eigenvalue weighted by Gasteiger charge is -2.03. The number of aryl methyl sites for hydroxylation is 1. The van der Waals surface area contributed by atoms with Crippen LogP contribution in [-0.4, -0.2) is 15.0 Å². The highest BCUT2D eigenvalue weighted by molar-refractivity contribution is 5.18. The topological polar surface area (TPSA) is 64.7 Å². The van der Waals surface area contributed by atoms with Crippen molar-refractivity contribution >= 4 is 0 Å². The zero-order valence-electron chi connectivity index (χ0n) is 9.22. The number of hydrogen-bond donors (Lipinski definition) is 1. The van der Waals surface area contributed by atoms with Crippen LogP contribution >= 0.6 is 0 Å². The fraction of sp³-hybridized carbons (Fsp3) is 0.250. The van der Waals surface area contributed by atoms with Crippen LogP contribution in [0.15, 0.2) is 30.3 Å². The van der Waals surface area contributed by atoms with Gasteiger partial charge in [-0.05, 0) is 12.5 Å². The molecule has 4 heteroatoms. The van der Waals surface area contributed by atoms with Gasteiger partial charge in [0.25, 0.3) is 0 Å². The number of hydrogen-bond acceptors (Lipinski definition) is 4. The summed E-state index contributed by atoms with van der Waals surface area (Å²) in [5.41, 5.74) is 6.72. The molecular weight excluding hydrogens is 200 g/mol. The Labute approximate surface area is 94.6 Å². The Morgan fingerprint density at radius 3 is 2.38 bits per heavy atom. The summed E-state index contributed by atoms with van der Waals surface area (Å²) in [7, 11) is 0. The van der Waals surface area contributed by atoms with Gasteiger partial charge in [0.15, 0.2) is 0 Å². The van der Waals surface area contributed by atoms with Crippen LogP contribution in [0.5, 0.6) is 0 Å². The van der Waals surface area contributed by atoms with Gasteiger partial charge in [-0.3, -0.25) is 0 Å². The Kier molecular flexibility index (Phi) is 3.22. The van der Waals surface area contributed by atoms with Crippen LogP contribution in [-0.2, 0) is 13.0 Å². The lowest BCUT2D eigenvalue weighted by molar-refractivity contribution is 0.796. The van der Waals surface area contributed by atoms with Gasteiger partial charge in [0.2, 0.25) is 0 Å². The standard InChI is InChI=1S/C12H14N4/c1-9-14-11(16-12(8-13)15-9)7-10-5-3-2-4-6-10/h2-6H,7-8,13H2,1H3. The molecule has 0 bridgehead atoms. The first-order valence-corrected chi connectivity index (χ1v) is 5.22. The molecule has 0 unspecified atom stereocenters. The third kappa shape index (κ3) is 2.61. The zero-order chi connectivity index (χ0) is 11.4. The molecular formula is C12H14N4. The highest BCUT2D eigenvalue weighted by Crippen LogP contribution is 2.05. The number of nitrogens with two attached hydrogens (primary N) is 1. The predicted molar refractivity (Wildman–Crippen MR) is 61.7 cm³/mol. The second-order valence-electron chi connectivity index (χ2n) is 3.58. The smallest absolute Gasteiger partial charge is 0.146 e. The van der Waals surface area contributed by atoms with Crippen LogP contribution < -0.4 is 5.73 Å². The van der Waals surface area contributed by atoms with E-state index >= 15 is 0 Å². The number of rotatable bonds is 3. The minimum atomic E-state index is 0.352. The first-order chi connectivity index (χ1) is 7.78. The maximum absolute atomic E-state index is 5.53. The van der Waals surface area contributed by atoms with Crippen LogP contribution in [0.2, 0.25) is 0 Å². The van der Waals surface area contributed by atoms with Gasteiger partial charge < -0.3 is 5.73 Å². The molecule has 0 aliphatic rings. The fourth-order valence-electron chi connectivity index (χ4n) is 1.55. The highest BCUT2D eigenvalue weighted by atomic mass is 15.0. The SMILES string of the molecule is Cc1nc(CN)nc(Cc2ccccc2)n1. The van der Waals surface area contributed by atoms with Crippen LogP contribution in [0.3, 0.4) is 0 Å². The molecule has 4 nitrogen and oxygen atoms in total. The fourth-order valence-corrected chi connectivity index (χ4v) is 1.55. The minimum Gasteiger partial charge on any atom is -0.324 e. The zero-order valence-corrected chi connectivity index (χ0v) is 9.22. The van der Waals surface area contributed by atoms with E-state index in [9.17, 15) is 0 Å². The molecule has 1 aromatic carbocycles. The Bertz CT molecular complexity index is 468. The highest BCUT2D eigenvalue weighted by Gasteiger charge is 2.03. The van der Waals surface area contributed by atoms with Gasteiger partial charge in [0.1, 0.15) is 17.5 Å². The van der Waals surface area contributed by atoms with Gasteiger partial charge in [0, 0.05) is 6.42 Å². The van der Waals surface area contributed by atoms with Gasteiger partial charge in [-0.25, -0.2) is 15.0 Å². The molecule has 0 saturated heterocycles. The van der Waals surface area contributed by atoms with Crippen LogP contribution in [0, 0.1) is 6.92 Å². The van der Waals surface area contributed by atoms with Crippen molar-refractivity contribution in [2.45, 2.75) is 19.9 Å². The molecule has 0 fully saturated rings. The molecule has 0 atom stereocenters.